The molecule has 1 aliphatic carbocycles. The fourth-order valence-electron chi connectivity index (χ4n) is 3.89. The summed E-state index contributed by atoms with van der Waals surface area (Å²) in [5, 5.41) is 3.29. The van der Waals surface area contributed by atoms with Gasteiger partial charge in [-0.05, 0) is 50.6 Å². The molecule has 0 aromatic heterocycles. The van der Waals surface area contributed by atoms with Gasteiger partial charge in [0.15, 0.2) is 0 Å². The van der Waals surface area contributed by atoms with Gasteiger partial charge in [-0.15, -0.1) is 0 Å². The first kappa shape index (κ1) is 18.4. The lowest BCUT2D eigenvalue weighted by molar-refractivity contribution is -0.124. The fourth-order valence-corrected chi connectivity index (χ4v) is 3.89. The number of carbonyl (C=O) groups is 1. The highest BCUT2D eigenvalue weighted by Gasteiger charge is 2.33. The molecule has 0 radical (unpaired) electrons. The minimum Gasteiger partial charge on any atom is -0.352 e. The Morgan fingerprint density at radius 2 is 1.88 bits per heavy atom. The van der Waals surface area contributed by atoms with E-state index in [1.54, 1.807) is 0 Å². The lowest BCUT2D eigenvalue weighted by Gasteiger charge is -2.33. The first-order valence-electron chi connectivity index (χ1n) is 9.95. The van der Waals surface area contributed by atoms with Crippen LogP contribution in [0.3, 0.4) is 0 Å². The first-order chi connectivity index (χ1) is 12.2. The summed E-state index contributed by atoms with van der Waals surface area (Å²) < 4.78 is 0. The van der Waals surface area contributed by atoms with E-state index in [1.807, 2.05) is 6.07 Å². The van der Waals surface area contributed by atoms with Crippen LogP contribution in [0.1, 0.15) is 45.1 Å². The van der Waals surface area contributed by atoms with Crippen molar-refractivity contribution in [3.63, 3.8) is 0 Å². The van der Waals surface area contributed by atoms with E-state index in [0.29, 0.717) is 18.6 Å². The van der Waals surface area contributed by atoms with Crippen LogP contribution < -0.4 is 5.32 Å². The summed E-state index contributed by atoms with van der Waals surface area (Å²) in [4.78, 5) is 17.5. The van der Waals surface area contributed by atoms with Crippen molar-refractivity contribution < 1.29 is 4.79 Å². The summed E-state index contributed by atoms with van der Waals surface area (Å²) in [7, 11) is 0. The second kappa shape index (κ2) is 8.81. The van der Waals surface area contributed by atoms with Crippen LogP contribution in [-0.4, -0.2) is 54.0 Å². The van der Waals surface area contributed by atoms with Crippen molar-refractivity contribution in [1.29, 1.82) is 0 Å². The molecule has 1 saturated carbocycles. The van der Waals surface area contributed by atoms with E-state index in [-0.39, 0.29) is 5.91 Å². The van der Waals surface area contributed by atoms with E-state index in [1.165, 1.54) is 18.4 Å². The molecule has 0 spiro atoms. The molecule has 138 valence electrons. The molecular weight excluding hydrogens is 310 g/mol. The van der Waals surface area contributed by atoms with Gasteiger partial charge in [0.2, 0.25) is 5.91 Å². The second-order valence-electron chi connectivity index (χ2n) is 7.74. The molecule has 2 fully saturated rings. The zero-order valence-corrected chi connectivity index (χ0v) is 15.8. The van der Waals surface area contributed by atoms with E-state index >= 15 is 0 Å². The Labute approximate surface area is 152 Å². The lowest BCUT2D eigenvalue weighted by atomic mass is 10.0. The summed E-state index contributed by atoms with van der Waals surface area (Å²) >= 11 is 0. The molecule has 25 heavy (non-hydrogen) atoms. The van der Waals surface area contributed by atoms with Crippen molar-refractivity contribution in [3.05, 3.63) is 35.9 Å². The third-order valence-corrected chi connectivity index (χ3v) is 5.86. The Bertz CT molecular complexity index is 535. The Balaban J connectivity index is 1.53. The number of benzene rings is 1. The predicted octanol–water partition coefficient (Wildman–Crippen LogP) is 2.89. The minimum absolute atomic E-state index is 0.193. The molecular formula is C21H33N3O. The summed E-state index contributed by atoms with van der Waals surface area (Å²) in [6.07, 6.45) is 4.78. The van der Waals surface area contributed by atoms with Crippen LogP contribution in [0, 0.1) is 5.92 Å². The normalized spacial score (nSPS) is 20.6. The van der Waals surface area contributed by atoms with Gasteiger partial charge in [0.25, 0.3) is 0 Å². The number of likely N-dealkylation sites (tertiary alicyclic amines) is 1. The van der Waals surface area contributed by atoms with Gasteiger partial charge in [-0.25, -0.2) is 0 Å². The molecule has 1 atom stereocenters. The van der Waals surface area contributed by atoms with Crippen molar-refractivity contribution >= 4 is 5.91 Å². The topological polar surface area (TPSA) is 35.6 Å². The highest BCUT2D eigenvalue weighted by atomic mass is 16.2. The van der Waals surface area contributed by atoms with Crippen LogP contribution in [-0.2, 0) is 11.3 Å². The number of nitrogens with zero attached hydrogens (tertiary/aromatic N) is 2. The average molecular weight is 344 g/mol. The van der Waals surface area contributed by atoms with E-state index in [9.17, 15) is 4.79 Å². The van der Waals surface area contributed by atoms with Crippen LogP contribution in [0.15, 0.2) is 30.3 Å². The summed E-state index contributed by atoms with van der Waals surface area (Å²) in [5.41, 5.74) is 1.29. The molecule has 1 aromatic carbocycles. The molecule has 1 unspecified atom stereocenters. The molecule has 1 aromatic rings. The molecule has 2 aliphatic rings. The fraction of sp³-hybridized carbons (Fsp3) is 0.667. The maximum atomic E-state index is 12.6. The van der Waals surface area contributed by atoms with E-state index < -0.39 is 0 Å². The van der Waals surface area contributed by atoms with Crippen LogP contribution in [0.5, 0.6) is 0 Å². The van der Waals surface area contributed by atoms with Gasteiger partial charge in [0.1, 0.15) is 0 Å². The Morgan fingerprint density at radius 1 is 1.20 bits per heavy atom. The number of hydrogen-bond acceptors (Lipinski definition) is 3. The molecule has 4 heteroatoms. The monoisotopic (exact) mass is 343 g/mol. The molecule has 1 N–H and O–H groups in total. The van der Waals surface area contributed by atoms with Gasteiger partial charge in [-0.1, -0.05) is 37.3 Å². The van der Waals surface area contributed by atoms with Gasteiger partial charge in [-0.2, -0.15) is 0 Å². The smallest absolute Gasteiger partial charge is 0.234 e. The van der Waals surface area contributed by atoms with E-state index in [2.05, 4.69) is 53.2 Å². The van der Waals surface area contributed by atoms with Crippen molar-refractivity contribution in [2.24, 2.45) is 5.92 Å². The maximum absolute atomic E-state index is 12.6. The van der Waals surface area contributed by atoms with E-state index in [4.69, 9.17) is 0 Å². The van der Waals surface area contributed by atoms with Crippen molar-refractivity contribution in [3.8, 4) is 0 Å². The average Bonchev–Trinajstić information content (AvgIpc) is 3.47. The van der Waals surface area contributed by atoms with Gasteiger partial charge in [0.05, 0.1) is 6.54 Å². The van der Waals surface area contributed by atoms with Crippen molar-refractivity contribution in [1.82, 2.24) is 15.1 Å². The zero-order valence-electron chi connectivity index (χ0n) is 15.8. The van der Waals surface area contributed by atoms with Gasteiger partial charge in [-0.3, -0.25) is 9.69 Å². The molecule has 1 amide bonds. The van der Waals surface area contributed by atoms with Crippen molar-refractivity contribution in [2.45, 2.75) is 58.2 Å². The predicted molar refractivity (Wildman–Crippen MR) is 102 cm³/mol. The van der Waals surface area contributed by atoms with Crippen LogP contribution in [0.4, 0.5) is 0 Å². The highest BCUT2D eigenvalue weighted by Crippen LogP contribution is 2.35. The number of piperidine rings is 1. The Hall–Kier alpha value is -1.39. The van der Waals surface area contributed by atoms with Gasteiger partial charge < -0.3 is 10.2 Å². The Morgan fingerprint density at radius 3 is 2.48 bits per heavy atom. The number of rotatable bonds is 8. The number of hydrogen-bond donors (Lipinski definition) is 1. The molecule has 1 aliphatic heterocycles. The summed E-state index contributed by atoms with van der Waals surface area (Å²) in [5.74, 6) is 0.961. The number of amides is 1. The maximum Gasteiger partial charge on any atom is 0.234 e. The van der Waals surface area contributed by atoms with Gasteiger partial charge >= 0.3 is 0 Å². The first-order valence-corrected chi connectivity index (χ1v) is 9.95. The SMILES string of the molecule is CCN1CCC(NC(=O)CN(Cc2ccccc2)C(C)C2CC2)CC1. The van der Waals surface area contributed by atoms with Gasteiger partial charge in [0, 0.05) is 31.7 Å². The number of carbonyl (C=O) groups excluding carboxylic acids is 1. The molecule has 4 nitrogen and oxygen atoms in total. The lowest BCUT2D eigenvalue weighted by Crippen LogP contribution is -2.48. The van der Waals surface area contributed by atoms with Crippen LogP contribution in [0.25, 0.3) is 0 Å². The summed E-state index contributed by atoms with van der Waals surface area (Å²) in [6, 6.07) is 11.4. The van der Waals surface area contributed by atoms with Crippen LogP contribution in [0.2, 0.25) is 0 Å². The largest absolute Gasteiger partial charge is 0.352 e. The quantitative estimate of drug-likeness (QED) is 0.788. The highest BCUT2D eigenvalue weighted by molar-refractivity contribution is 5.78. The zero-order chi connectivity index (χ0) is 17.6. The third kappa shape index (κ3) is 5.55. The second-order valence-corrected chi connectivity index (χ2v) is 7.74. The minimum atomic E-state index is 0.193. The number of nitrogens with one attached hydrogen (secondary N) is 1. The molecule has 1 saturated heterocycles. The van der Waals surface area contributed by atoms with Crippen molar-refractivity contribution in [2.75, 3.05) is 26.2 Å². The molecule has 1 heterocycles. The van der Waals surface area contributed by atoms with Crippen LogP contribution >= 0.6 is 0 Å². The van der Waals surface area contributed by atoms with E-state index in [0.717, 1.165) is 44.9 Å². The standard InChI is InChI=1S/C21H33N3O/c1-3-23-13-11-20(12-14-23)22-21(25)16-24(17(2)19-9-10-19)15-18-7-5-4-6-8-18/h4-8,17,19-20H,3,9-16H2,1-2H3,(H,22,25). The molecule has 3 rings (SSSR count). The third-order valence-electron chi connectivity index (χ3n) is 5.86. The molecule has 0 bridgehead atoms. The Kier molecular flexibility index (Phi) is 6.49. The summed E-state index contributed by atoms with van der Waals surface area (Å²) in [6.45, 7) is 9.19.